The summed E-state index contributed by atoms with van der Waals surface area (Å²) in [5.41, 5.74) is 0.843. The van der Waals surface area contributed by atoms with Gasteiger partial charge >= 0.3 is 0 Å². The third kappa shape index (κ3) is 3.40. The Labute approximate surface area is 158 Å². The lowest BCUT2D eigenvalue weighted by atomic mass is 9.53. The monoisotopic (exact) mass is 368 g/mol. The molecular weight excluding hydrogens is 343 g/mol. The SMILES string of the molecule is O=C(CCc1ncc(-c2ccc(F)cc2)o1)NC12CC3CC(CC(C3)C1)C2. The van der Waals surface area contributed by atoms with Crippen LogP contribution in [0.2, 0.25) is 0 Å². The molecule has 5 heteroatoms. The third-order valence-electron chi connectivity index (χ3n) is 6.69. The van der Waals surface area contributed by atoms with Crippen molar-refractivity contribution >= 4 is 5.91 Å². The molecule has 1 aromatic carbocycles. The number of nitrogens with one attached hydrogen (secondary N) is 1. The molecule has 4 aliphatic rings. The molecule has 1 aromatic heterocycles. The average Bonchev–Trinajstić information content (AvgIpc) is 3.08. The molecule has 0 aliphatic heterocycles. The van der Waals surface area contributed by atoms with Gasteiger partial charge in [-0.1, -0.05) is 0 Å². The Morgan fingerprint density at radius 1 is 1.11 bits per heavy atom. The molecule has 4 nitrogen and oxygen atoms in total. The zero-order valence-corrected chi connectivity index (χ0v) is 15.4. The molecule has 0 unspecified atom stereocenters. The first kappa shape index (κ1) is 17.0. The summed E-state index contributed by atoms with van der Waals surface area (Å²) in [7, 11) is 0. The number of aromatic nitrogens is 1. The van der Waals surface area contributed by atoms with Gasteiger partial charge in [0, 0.05) is 23.9 Å². The minimum Gasteiger partial charge on any atom is -0.441 e. The van der Waals surface area contributed by atoms with E-state index in [1.165, 1.54) is 50.7 Å². The fourth-order valence-electron chi connectivity index (χ4n) is 6.02. The highest BCUT2D eigenvalue weighted by Gasteiger charge is 2.51. The van der Waals surface area contributed by atoms with E-state index in [0.29, 0.717) is 24.5 Å². The number of halogens is 1. The molecular formula is C22H25FN2O2. The summed E-state index contributed by atoms with van der Waals surface area (Å²) < 4.78 is 18.8. The van der Waals surface area contributed by atoms with E-state index >= 15 is 0 Å². The molecule has 4 saturated carbocycles. The molecule has 1 heterocycles. The van der Waals surface area contributed by atoms with Crippen LogP contribution in [0.1, 0.15) is 50.8 Å². The van der Waals surface area contributed by atoms with Crippen LogP contribution in [0, 0.1) is 23.6 Å². The molecule has 27 heavy (non-hydrogen) atoms. The summed E-state index contributed by atoms with van der Waals surface area (Å²) in [5, 5.41) is 3.39. The van der Waals surface area contributed by atoms with Crippen molar-refractivity contribution < 1.29 is 13.6 Å². The van der Waals surface area contributed by atoms with Crippen LogP contribution in [0.3, 0.4) is 0 Å². The van der Waals surface area contributed by atoms with Crippen molar-refractivity contribution in [2.45, 2.75) is 56.9 Å². The van der Waals surface area contributed by atoms with Gasteiger partial charge in [0.25, 0.3) is 0 Å². The Morgan fingerprint density at radius 2 is 1.74 bits per heavy atom. The zero-order chi connectivity index (χ0) is 18.4. The first-order valence-corrected chi connectivity index (χ1v) is 10.1. The lowest BCUT2D eigenvalue weighted by Crippen LogP contribution is -2.59. The number of aryl methyl sites for hydroxylation is 1. The molecule has 0 atom stereocenters. The van der Waals surface area contributed by atoms with Crippen molar-refractivity contribution in [3.05, 3.63) is 42.2 Å². The normalized spacial score (nSPS) is 31.2. The van der Waals surface area contributed by atoms with E-state index < -0.39 is 0 Å². The van der Waals surface area contributed by atoms with Crippen molar-refractivity contribution in [1.82, 2.24) is 10.3 Å². The van der Waals surface area contributed by atoms with E-state index in [1.807, 2.05) is 0 Å². The first-order chi connectivity index (χ1) is 13.1. The van der Waals surface area contributed by atoms with Crippen molar-refractivity contribution in [2.75, 3.05) is 0 Å². The van der Waals surface area contributed by atoms with Crippen molar-refractivity contribution in [2.24, 2.45) is 17.8 Å². The Morgan fingerprint density at radius 3 is 2.37 bits per heavy atom. The topological polar surface area (TPSA) is 55.1 Å². The summed E-state index contributed by atoms with van der Waals surface area (Å²) in [6, 6.07) is 6.13. The van der Waals surface area contributed by atoms with Crippen LogP contribution in [0.15, 0.2) is 34.9 Å². The van der Waals surface area contributed by atoms with Crippen LogP contribution < -0.4 is 5.32 Å². The van der Waals surface area contributed by atoms with Gasteiger partial charge in [-0.05, 0) is 80.5 Å². The molecule has 1 amide bonds. The second-order valence-electron chi connectivity index (χ2n) is 8.87. The number of amides is 1. The molecule has 142 valence electrons. The second-order valence-corrected chi connectivity index (χ2v) is 8.87. The molecule has 4 aliphatic carbocycles. The van der Waals surface area contributed by atoms with Crippen LogP contribution in [0.5, 0.6) is 0 Å². The standard InChI is InChI=1S/C22H25FN2O2/c23-18-3-1-17(2-4-18)19-13-24-21(27-19)6-5-20(26)25-22-10-14-7-15(11-22)9-16(8-14)12-22/h1-4,13-16H,5-12H2,(H,25,26). The van der Waals surface area contributed by atoms with Gasteiger partial charge in [-0.2, -0.15) is 0 Å². The molecule has 1 N–H and O–H groups in total. The largest absolute Gasteiger partial charge is 0.441 e. The minimum absolute atomic E-state index is 0.0572. The maximum Gasteiger partial charge on any atom is 0.220 e. The van der Waals surface area contributed by atoms with E-state index in [4.69, 9.17) is 4.42 Å². The van der Waals surface area contributed by atoms with Gasteiger partial charge < -0.3 is 9.73 Å². The van der Waals surface area contributed by atoms with Gasteiger partial charge in [0.05, 0.1) is 6.20 Å². The predicted molar refractivity (Wildman–Crippen MR) is 99.3 cm³/mol. The average molecular weight is 368 g/mol. The van der Waals surface area contributed by atoms with Crippen molar-refractivity contribution in [3.63, 3.8) is 0 Å². The number of oxazole rings is 1. The highest BCUT2D eigenvalue weighted by Crippen LogP contribution is 2.55. The van der Waals surface area contributed by atoms with Crippen molar-refractivity contribution in [3.8, 4) is 11.3 Å². The third-order valence-corrected chi connectivity index (χ3v) is 6.69. The molecule has 4 bridgehead atoms. The molecule has 6 rings (SSSR count). The lowest BCUT2D eigenvalue weighted by molar-refractivity contribution is -0.126. The van der Waals surface area contributed by atoms with E-state index in [9.17, 15) is 9.18 Å². The Bertz CT molecular complexity index is 807. The number of hydrogen-bond donors (Lipinski definition) is 1. The van der Waals surface area contributed by atoms with Crippen LogP contribution in [-0.4, -0.2) is 16.4 Å². The highest BCUT2D eigenvalue weighted by molar-refractivity contribution is 5.77. The second kappa shape index (κ2) is 6.47. The summed E-state index contributed by atoms with van der Waals surface area (Å²) in [5.74, 6) is 3.45. The van der Waals surface area contributed by atoms with Gasteiger partial charge in [-0.15, -0.1) is 0 Å². The number of carbonyl (C=O) groups excluding carboxylic acids is 1. The summed E-state index contributed by atoms with van der Waals surface area (Å²) in [6.45, 7) is 0. The van der Waals surface area contributed by atoms with E-state index in [1.54, 1.807) is 18.3 Å². The molecule has 4 fully saturated rings. The number of nitrogens with zero attached hydrogens (tertiary/aromatic N) is 1. The van der Waals surface area contributed by atoms with Gasteiger partial charge in [-0.3, -0.25) is 4.79 Å². The fraction of sp³-hybridized carbons (Fsp3) is 0.545. The highest BCUT2D eigenvalue weighted by atomic mass is 19.1. The summed E-state index contributed by atoms with van der Waals surface area (Å²) >= 11 is 0. The molecule has 0 saturated heterocycles. The Kier molecular flexibility index (Phi) is 4.06. The first-order valence-electron chi connectivity index (χ1n) is 10.1. The van der Waals surface area contributed by atoms with Gasteiger partial charge in [0.15, 0.2) is 11.7 Å². The van der Waals surface area contributed by atoms with Gasteiger partial charge in [0.1, 0.15) is 5.82 Å². The lowest BCUT2D eigenvalue weighted by Gasteiger charge is -2.56. The van der Waals surface area contributed by atoms with E-state index in [0.717, 1.165) is 23.3 Å². The van der Waals surface area contributed by atoms with E-state index in [-0.39, 0.29) is 17.3 Å². The van der Waals surface area contributed by atoms with Crippen molar-refractivity contribution in [1.29, 1.82) is 0 Å². The Hall–Kier alpha value is -2.17. The molecule has 0 spiro atoms. The predicted octanol–water partition coefficient (Wildman–Crippen LogP) is 4.50. The Balaban J connectivity index is 1.19. The number of rotatable bonds is 5. The van der Waals surface area contributed by atoms with Crippen LogP contribution in [0.25, 0.3) is 11.3 Å². The fourth-order valence-corrected chi connectivity index (χ4v) is 6.02. The van der Waals surface area contributed by atoms with Crippen LogP contribution in [-0.2, 0) is 11.2 Å². The summed E-state index contributed by atoms with van der Waals surface area (Å²) in [6.07, 6.45) is 10.1. The number of carbonyl (C=O) groups is 1. The van der Waals surface area contributed by atoms with Crippen LogP contribution in [0.4, 0.5) is 4.39 Å². The maximum atomic E-state index is 13.0. The smallest absolute Gasteiger partial charge is 0.220 e. The molecule has 2 aromatic rings. The van der Waals surface area contributed by atoms with Gasteiger partial charge in [-0.25, -0.2) is 9.37 Å². The number of benzene rings is 1. The van der Waals surface area contributed by atoms with E-state index in [2.05, 4.69) is 10.3 Å². The molecule has 0 radical (unpaired) electrons. The zero-order valence-electron chi connectivity index (χ0n) is 15.4. The number of hydrogen-bond acceptors (Lipinski definition) is 3. The minimum atomic E-state index is -0.278. The maximum absolute atomic E-state index is 13.0. The summed E-state index contributed by atoms with van der Waals surface area (Å²) in [4.78, 5) is 16.9. The van der Waals surface area contributed by atoms with Gasteiger partial charge in [0.2, 0.25) is 5.91 Å². The quantitative estimate of drug-likeness (QED) is 0.845. The van der Waals surface area contributed by atoms with Crippen LogP contribution >= 0.6 is 0 Å².